The van der Waals surface area contributed by atoms with Crippen LogP contribution >= 0.6 is 15.9 Å². The van der Waals surface area contributed by atoms with Crippen LogP contribution in [0.1, 0.15) is 18.4 Å². The largest absolute Gasteiger partial charge is 0.468 e. The van der Waals surface area contributed by atoms with Gasteiger partial charge in [-0.2, -0.15) is 0 Å². The highest BCUT2D eigenvalue weighted by atomic mass is 79.9. The first-order valence-corrected chi connectivity index (χ1v) is 6.49. The minimum atomic E-state index is -0.926. The van der Waals surface area contributed by atoms with Crippen molar-refractivity contribution in [1.82, 2.24) is 5.32 Å². The topological polar surface area (TPSA) is 55.4 Å². The van der Waals surface area contributed by atoms with Gasteiger partial charge in [-0.15, -0.1) is 0 Å². The first-order chi connectivity index (χ1) is 8.58. The van der Waals surface area contributed by atoms with Gasteiger partial charge in [0.15, 0.2) is 0 Å². The van der Waals surface area contributed by atoms with Crippen LogP contribution in [-0.2, 0) is 20.9 Å². The van der Waals surface area contributed by atoms with Crippen LogP contribution in [0.5, 0.6) is 0 Å². The van der Waals surface area contributed by atoms with E-state index in [1.165, 1.54) is 7.11 Å². The van der Waals surface area contributed by atoms with Gasteiger partial charge < -0.3 is 10.1 Å². The molecule has 1 aliphatic rings. The Morgan fingerprint density at radius 2 is 1.94 bits per heavy atom. The minimum absolute atomic E-state index is 0.239. The molecule has 1 saturated carbocycles. The monoisotopic (exact) mass is 311 g/mol. The van der Waals surface area contributed by atoms with Gasteiger partial charge in [0.1, 0.15) is 5.41 Å². The summed E-state index contributed by atoms with van der Waals surface area (Å²) < 4.78 is 5.65. The highest BCUT2D eigenvalue weighted by molar-refractivity contribution is 9.10. The zero-order valence-corrected chi connectivity index (χ0v) is 11.6. The number of carbonyl (C=O) groups excluding carboxylic acids is 2. The maximum absolute atomic E-state index is 11.9. The van der Waals surface area contributed by atoms with Crippen LogP contribution in [0.2, 0.25) is 0 Å². The van der Waals surface area contributed by atoms with Crippen molar-refractivity contribution in [1.29, 1.82) is 0 Å². The molecule has 0 unspecified atom stereocenters. The van der Waals surface area contributed by atoms with E-state index in [0.29, 0.717) is 19.4 Å². The second kappa shape index (κ2) is 5.10. The molecule has 0 spiro atoms. The predicted molar refractivity (Wildman–Crippen MR) is 69.7 cm³/mol. The van der Waals surface area contributed by atoms with Crippen LogP contribution in [0, 0.1) is 5.41 Å². The van der Waals surface area contributed by atoms with Crippen LogP contribution in [-0.4, -0.2) is 19.0 Å². The highest BCUT2D eigenvalue weighted by Gasteiger charge is 2.57. The fourth-order valence-electron chi connectivity index (χ4n) is 1.80. The van der Waals surface area contributed by atoms with Crippen LogP contribution in [0.25, 0.3) is 0 Å². The molecule has 1 aromatic carbocycles. The summed E-state index contributed by atoms with van der Waals surface area (Å²) >= 11 is 3.35. The van der Waals surface area contributed by atoms with Gasteiger partial charge in [-0.05, 0) is 30.5 Å². The molecular weight excluding hydrogens is 298 g/mol. The molecule has 1 amide bonds. The summed E-state index contributed by atoms with van der Waals surface area (Å²) in [6.45, 7) is 0.421. The lowest BCUT2D eigenvalue weighted by atomic mass is 10.1. The average molecular weight is 312 g/mol. The van der Waals surface area contributed by atoms with E-state index in [0.717, 1.165) is 10.0 Å². The van der Waals surface area contributed by atoms with Crippen LogP contribution in [0.3, 0.4) is 0 Å². The number of methoxy groups -OCH3 is 1. The van der Waals surface area contributed by atoms with E-state index < -0.39 is 11.4 Å². The first-order valence-electron chi connectivity index (χ1n) is 5.70. The van der Waals surface area contributed by atoms with E-state index in [2.05, 4.69) is 26.0 Å². The molecule has 1 aromatic rings. The Kier molecular flexibility index (Phi) is 3.71. The van der Waals surface area contributed by atoms with Crippen LogP contribution < -0.4 is 5.32 Å². The third-order valence-electron chi connectivity index (χ3n) is 3.13. The Hall–Kier alpha value is -1.36. The summed E-state index contributed by atoms with van der Waals surface area (Å²) in [5, 5.41) is 2.78. The van der Waals surface area contributed by atoms with Crippen molar-refractivity contribution in [2.24, 2.45) is 5.41 Å². The lowest BCUT2D eigenvalue weighted by Crippen LogP contribution is -2.37. The number of benzene rings is 1. The summed E-state index contributed by atoms with van der Waals surface area (Å²) in [4.78, 5) is 23.5. The van der Waals surface area contributed by atoms with Gasteiger partial charge in [0.05, 0.1) is 7.11 Å². The molecule has 1 aliphatic carbocycles. The Morgan fingerprint density at radius 1 is 1.33 bits per heavy atom. The van der Waals surface area contributed by atoms with Crippen molar-refractivity contribution in [3.05, 3.63) is 34.3 Å². The summed E-state index contributed by atoms with van der Waals surface area (Å²) in [5.74, 6) is -0.673. The Balaban J connectivity index is 1.93. The van der Waals surface area contributed by atoms with E-state index in [-0.39, 0.29) is 5.91 Å². The molecule has 0 aliphatic heterocycles. The molecule has 96 valence electrons. The first kappa shape index (κ1) is 13.1. The molecule has 18 heavy (non-hydrogen) atoms. The lowest BCUT2D eigenvalue weighted by Gasteiger charge is -2.12. The van der Waals surface area contributed by atoms with E-state index >= 15 is 0 Å². The molecule has 2 rings (SSSR count). The van der Waals surface area contributed by atoms with Crippen molar-refractivity contribution < 1.29 is 14.3 Å². The lowest BCUT2D eigenvalue weighted by molar-refractivity contribution is -0.152. The molecular formula is C13H14BrNO3. The smallest absolute Gasteiger partial charge is 0.321 e. The average Bonchev–Trinajstić information content (AvgIpc) is 3.18. The Morgan fingerprint density at radius 3 is 2.44 bits per heavy atom. The number of hydrogen-bond donors (Lipinski definition) is 1. The van der Waals surface area contributed by atoms with E-state index in [1.54, 1.807) is 0 Å². The quantitative estimate of drug-likeness (QED) is 0.683. The number of hydrogen-bond acceptors (Lipinski definition) is 3. The van der Waals surface area contributed by atoms with Gasteiger partial charge in [0.2, 0.25) is 5.91 Å². The zero-order chi connectivity index (χ0) is 13.2. The molecule has 5 heteroatoms. The number of nitrogens with one attached hydrogen (secondary N) is 1. The molecule has 1 N–H and O–H groups in total. The molecule has 0 radical (unpaired) electrons. The van der Waals surface area contributed by atoms with Gasteiger partial charge >= 0.3 is 5.97 Å². The number of ether oxygens (including phenoxy) is 1. The van der Waals surface area contributed by atoms with Crippen molar-refractivity contribution >= 4 is 27.8 Å². The van der Waals surface area contributed by atoms with E-state index in [4.69, 9.17) is 0 Å². The van der Waals surface area contributed by atoms with Crippen molar-refractivity contribution in [2.45, 2.75) is 19.4 Å². The molecule has 0 saturated heterocycles. The predicted octanol–water partition coefficient (Wildman–Crippen LogP) is 2.02. The number of halogens is 1. The maximum Gasteiger partial charge on any atom is 0.321 e. The maximum atomic E-state index is 11.9. The second-order valence-corrected chi connectivity index (χ2v) is 5.30. The molecule has 0 heterocycles. The third kappa shape index (κ3) is 2.56. The van der Waals surface area contributed by atoms with Crippen molar-refractivity contribution in [3.8, 4) is 0 Å². The number of amides is 1. The standard InChI is InChI=1S/C13H14BrNO3/c1-18-12(17)13(6-7-13)11(16)15-8-9-2-4-10(14)5-3-9/h2-5H,6-8H2,1H3,(H,15,16). The molecule has 4 nitrogen and oxygen atoms in total. The van der Waals surface area contributed by atoms with Gasteiger partial charge in [0.25, 0.3) is 0 Å². The molecule has 0 aromatic heterocycles. The summed E-state index contributed by atoms with van der Waals surface area (Å²) in [6, 6.07) is 7.66. The zero-order valence-electron chi connectivity index (χ0n) is 10.0. The minimum Gasteiger partial charge on any atom is -0.468 e. The number of esters is 1. The fraction of sp³-hybridized carbons (Fsp3) is 0.385. The van der Waals surface area contributed by atoms with Gasteiger partial charge in [-0.25, -0.2) is 0 Å². The SMILES string of the molecule is COC(=O)C1(C(=O)NCc2ccc(Br)cc2)CC1. The second-order valence-electron chi connectivity index (χ2n) is 4.38. The Labute approximate surface area is 114 Å². The highest BCUT2D eigenvalue weighted by Crippen LogP contribution is 2.46. The van der Waals surface area contributed by atoms with Gasteiger partial charge in [0, 0.05) is 11.0 Å². The molecule has 0 bridgehead atoms. The van der Waals surface area contributed by atoms with Gasteiger partial charge in [-0.1, -0.05) is 28.1 Å². The Bertz CT molecular complexity index is 466. The summed E-state index contributed by atoms with van der Waals surface area (Å²) in [6.07, 6.45) is 1.15. The third-order valence-corrected chi connectivity index (χ3v) is 3.66. The van der Waals surface area contributed by atoms with E-state index in [1.807, 2.05) is 24.3 Å². The summed E-state index contributed by atoms with van der Waals surface area (Å²) in [7, 11) is 1.31. The molecule has 1 fully saturated rings. The normalized spacial score (nSPS) is 15.9. The number of rotatable bonds is 4. The van der Waals surface area contributed by atoms with Crippen molar-refractivity contribution in [2.75, 3.05) is 7.11 Å². The van der Waals surface area contributed by atoms with E-state index in [9.17, 15) is 9.59 Å². The van der Waals surface area contributed by atoms with Gasteiger partial charge in [-0.3, -0.25) is 9.59 Å². The van der Waals surface area contributed by atoms with Crippen molar-refractivity contribution in [3.63, 3.8) is 0 Å². The van der Waals surface area contributed by atoms with Crippen LogP contribution in [0.4, 0.5) is 0 Å². The fourth-order valence-corrected chi connectivity index (χ4v) is 2.06. The number of carbonyl (C=O) groups is 2. The summed E-state index contributed by atoms with van der Waals surface area (Å²) in [5.41, 5.74) is 0.0663. The molecule has 0 atom stereocenters. The van der Waals surface area contributed by atoms with Crippen LogP contribution in [0.15, 0.2) is 28.7 Å².